The zero-order chi connectivity index (χ0) is 11.9. The van der Waals surface area contributed by atoms with Crippen molar-refractivity contribution in [2.24, 2.45) is 5.92 Å². The summed E-state index contributed by atoms with van der Waals surface area (Å²) in [5.41, 5.74) is -0.392. The molecule has 0 heterocycles. The van der Waals surface area contributed by atoms with Gasteiger partial charge >= 0.3 is 0 Å². The van der Waals surface area contributed by atoms with Crippen LogP contribution in [0.2, 0.25) is 18.1 Å². The summed E-state index contributed by atoms with van der Waals surface area (Å²) in [6.07, 6.45) is 1.97. The van der Waals surface area contributed by atoms with Crippen molar-refractivity contribution in [3.8, 4) is 0 Å². The highest BCUT2D eigenvalue weighted by molar-refractivity contribution is 6.74. The lowest BCUT2D eigenvalue weighted by Gasteiger charge is -2.36. The average molecular weight is 230 g/mol. The minimum atomic E-state index is -1.57. The summed E-state index contributed by atoms with van der Waals surface area (Å²) in [6.45, 7) is 14.1. The van der Waals surface area contributed by atoms with Crippen molar-refractivity contribution in [3.63, 3.8) is 0 Å². The minimum absolute atomic E-state index is 0.291. The van der Waals surface area contributed by atoms with Gasteiger partial charge in [0.2, 0.25) is 0 Å². The Morgan fingerprint density at radius 1 is 1.40 bits per heavy atom. The topological polar surface area (TPSA) is 29.5 Å². The molecule has 0 radical (unpaired) electrons. The molecule has 3 heteroatoms. The Bertz CT molecular complexity index is 228. The standard InChI is InChI=1S/C12H26O2Si/c1-11(2,3)15(5,6)14-8-7-10-9-12(10,4)13/h10,13H,7-9H2,1-6H3. The minimum Gasteiger partial charge on any atom is -0.417 e. The maximum Gasteiger partial charge on any atom is 0.191 e. The SMILES string of the molecule is CC1(O)CC1CCO[Si](C)(C)C(C)(C)C. The molecule has 1 rings (SSSR count). The van der Waals surface area contributed by atoms with Crippen molar-refractivity contribution >= 4 is 8.32 Å². The fraction of sp³-hybridized carbons (Fsp3) is 1.00. The van der Waals surface area contributed by atoms with Gasteiger partial charge in [0.15, 0.2) is 8.32 Å². The molecule has 0 aromatic heterocycles. The van der Waals surface area contributed by atoms with Gasteiger partial charge in [-0.15, -0.1) is 0 Å². The van der Waals surface area contributed by atoms with Crippen LogP contribution in [-0.4, -0.2) is 25.6 Å². The van der Waals surface area contributed by atoms with Gasteiger partial charge in [-0.2, -0.15) is 0 Å². The molecule has 0 bridgehead atoms. The normalized spacial score (nSPS) is 31.8. The van der Waals surface area contributed by atoms with Crippen molar-refractivity contribution in [2.45, 2.75) is 64.3 Å². The molecule has 0 aromatic rings. The first kappa shape index (κ1) is 13.2. The van der Waals surface area contributed by atoms with Crippen LogP contribution in [0.1, 0.15) is 40.5 Å². The molecule has 0 aliphatic heterocycles. The first-order chi connectivity index (χ1) is 6.56. The molecule has 0 saturated heterocycles. The van der Waals surface area contributed by atoms with E-state index in [9.17, 15) is 5.11 Å². The van der Waals surface area contributed by atoms with E-state index in [-0.39, 0.29) is 0 Å². The summed E-state index contributed by atoms with van der Waals surface area (Å²) in [6, 6.07) is 0. The van der Waals surface area contributed by atoms with Crippen LogP contribution in [0.3, 0.4) is 0 Å². The van der Waals surface area contributed by atoms with Crippen molar-refractivity contribution in [3.05, 3.63) is 0 Å². The van der Waals surface area contributed by atoms with E-state index in [0.29, 0.717) is 11.0 Å². The lowest BCUT2D eigenvalue weighted by Crippen LogP contribution is -2.41. The molecule has 90 valence electrons. The molecule has 2 nitrogen and oxygen atoms in total. The second-order valence-electron chi connectivity index (χ2n) is 6.66. The highest BCUT2D eigenvalue weighted by Gasteiger charge is 2.48. The Labute approximate surface area is 95.2 Å². The lowest BCUT2D eigenvalue weighted by molar-refractivity contribution is 0.143. The highest BCUT2D eigenvalue weighted by Crippen LogP contribution is 2.45. The Balaban J connectivity index is 2.26. The molecule has 0 aromatic carbocycles. The molecule has 2 atom stereocenters. The summed E-state index contributed by atoms with van der Waals surface area (Å²) in [5, 5.41) is 9.93. The molecule has 1 N–H and O–H groups in total. The zero-order valence-electron chi connectivity index (χ0n) is 11.1. The van der Waals surface area contributed by atoms with Crippen molar-refractivity contribution in [1.29, 1.82) is 0 Å². The van der Waals surface area contributed by atoms with E-state index < -0.39 is 13.9 Å². The molecule has 1 aliphatic carbocycles. The fourth-order valence-corrected chi connectivity index (χ4v) is 2.59. The van der Waals surface area contributed by atoms with Crippen LogP contribution < -0.4 is 0 Å². The third kappa shape index (κ3) is 3.30. The molecular formula is C12H26O2Si. The highest BCUT2D eigenvalue weighted by atomic mass is 28.4. The largest absolute Gasteiger partial charge is 0.417 e. The van der Waals surface area contributed by atoms with E-state index in [1.165, 1.54) is 0 Å². The van der Waals surface area contributed by atoms with Gasteiger partial charge in [-0.3, -0.25) is 0 Å². The Morgan fingerprint density at radius 2 is 1.87 bits per heavy atom. The van der Waals surface area contributed by atoms with Crippen LogP contribution in [-0.2, 0) is 4.43 Å². The second-order valence-corrected chi connectivity index (χ2v) is 11.5. The number of hydrogen-bond donors (Lipinski definition) is 1. The predicted molar refractivity (Wildman–Crippen MR) is 66.5 cm³/mol. The van der Waals surface area contributed by atoms with Gasteiger partial charge in [-0.25, -0.2) is 0 Å². The summed E-state index contributed by atoms with van der Waals surface area (Å²) in [4.78, 5) is 0. The van der Waals surface area contributed by atoms with Gasteiger partial charge in [-0.05, 0) is 43.8 Å². The molecular weight excluding hydrogens is 204 g/mol. The van der Waals surface area contributed by atoms with Gasteiger partial charge in [-0.1, -0.05) is 20.8 Å². The first-order valence-electron chi connectivity index (χ1n) is 5.93. The smallest absolute Gasteiger partial charge is 0.191 e. The predicted octanol–water partition coefficient (Wildman–Crippen LogP) is 3.17. The first-order valence-corrected chi connectivity index (χ1v) is 8.83. The molecule has 1 saturated carbocycles. The third-order valence-electron chi connectivity index (χ3n) is 4.11. The fourth-order valence-electron chi connectivity index (χ4n) is 1.53. The van der Waals surface area contributed by atoms with Crippen LogP contribution in [0.15, 0.2) is 0 Å². The van der Waals surface area contributed by atoms with E-state index >= 15 is 0 Å². The lowest BCUT2D eigenvalue weighted by atomic mass is 10.2. The number of rotatable bonds is 4. The van der Waals surface area contributed by atoms with Gasteiger partial charge in [0.05, 0.1) is 5.60 Å². The summed E-state index contributed by atoms with van der Waals surface area (Å²) in [5.74, 6) is 0.474. The maximum atomic E-state index is 9.64. The molecule has 1 fully saturated rings. The Kier molecular flexibility index (Phi) is 3.40. The van der Waals surface area contributed by atoms with E-state index in [2.05, 4.69) is 33.9 Å². The zero-order valence-corrected chi connectivity index (χ0v) is 12.1. The maximum absolute atomic E-state index is 9.64. The van der Waals surface area contributed by atoms with Crippen molar-refractivity contribution < 1.29 is 9.53 Å². The Morgan fingerprint density at radius 3 is 2.20 bits per heavy atom. The van der Waals surface area contributed by atoms with E-state index in [1.54, 1.807) is 0 Å². The van der Waals surface area contributed by atoms with Crippen LogP contribution in [0.25, 0.3) is 0 Å². The summed E-state index contributed by atoms with van der Waals surface area (Å²) >= 11 is 0. The monoisotopic (exact) mass is 230 g/mol. The summed E-state index contributed by atoms with van der Waals surface area (Å²) in [7, 11) is -1.57. The molecule has 1 aliphatic rings. The van der Waals surface area contributed by atoms with Crippen LogP contribution in [0.4, 0.5) is 0 Å². The van der Waals surface area contributed by atoms with Gasteiger partial charge < -0.3 is 9.53 Å². The van der Waals surface area contributed by atoms with Crippen molar-refractivity contribution in [1.82, 2.24) is 0 Å². The van der Waals surface area contributed by atoms with E-state index in [0.717, 1.165) is 19.4 Å². The Hall–Kier alpha value is 0.137. The average Bonchev–Trinajstić information content (AvgIpc) is 2.56. The third-order valence-corrected chi connectivity index (χ3v) is 8.65. The van der Waals surface area contributed by atoms with Crippen LogP contribution in [0.5, 0.6) is 0 Å². The number of aliphatic hydroxyl groups is 1. The summed E-state index contributed by atoms with van der Waals surface area (Å²) < 4.78 is 6.07. The molecule has 0 amide bonds. The van der Waals surface area contributed by atoms with Crippen LogP contribution >= 0.6 is 0 Å². The number of hydrogen-bond acceptors (Lipinski definition) is 2. The molecule has 2 unspecified atom stereocenters. The van der Waals surface area contributed by atoms with Gasteiger partial charge in [0, 0.05) is 6.61 Å². The van der Waals surface area contributed by atoms with Gasteiger partial charge in [0.25, 0.3) is 0 Å². The van der Waals surface area contributed by atoms with E-state index in [4.69, 9.17) is 4.43 Å². The molecule has 15 heavy (non-hydrogen) atoms. The molecule has 0 spiro atoms. The van der Waals surface area contributed by atoms with Gasteiger partial charge in [0.1, 0.15) is 0 Å². The van der Waals surface area contributed by atoms with Crippen LogP contribution in [0, 0.1) is 5.92 Å². The second kappa shape index (κ2) is 3.86. The van der Waals surface area contributed by atoms with Crippen molar-refractivity contribution in [2.75, 3.05) is 6.61 Å². The quantitative estimate of drug-likeness (QED) is 0.752. The van der Waals surface area contributed by atoms with E-state index in [1.807, 2.05) is 6.92 Å².